The highest BCUT2D eigenvalue weighted by atomic mass is 19.1. The van der Waals surface area contributed by atoms with Crippen molar-refractivity contribution < 1.29 is 13.9 Å². The van der Waals surface area contributed by atoms with Gasteiger partial charge in [-0.15, -0.1) is 0 Å². The second-order valence-electron chi connectivity index (χ2n) is 7.82. The summed E-state index contributed by atoms with van der Waals surface area (Å²) in [7, 11) is 1.81. The summed E-state index contributed by atoms with van der Waals surface area (Å²) < 4.78 is 20.0. The molecule has 0 radical (unpaired) electrons. The van der Waals surface area contributed by atoms with E-state index in [-0.39, 0.29) is 36.6 Å². The smallest absolute Gasteiger partial charge is 0.231 e. The summed E-state index contributed by atoms with van der Waals surface area (Å²) in [6.45, 7) is 1.21. The summed E-state index contributed by atoms with van der Waals surface area (Å²) in [5.74, 6) is -0.199. The second-order valence-corrected chi connectivity index (χ2v) is 7.82. The maximum absolute atomic E-state index is 13.9. The molecule has 6 nitrogen and oxygen atoms in total. The quantitative estimate of drug-likeness (QED) is 0.786. The third-order valence-corrected chi connectivity index (χ3v) is 6.19. The van der Waals surface area contributed by atoms with Gasteiger partial charge in [-0.3, -0.25) is 14.7 Å². The van der Waals surface area contributed by atoms with Gasteiger partial charge in [-0.1, -0.05) is 6.07 Å². The lowest BCUT2D eigenvalue weighted by Crippen LogP contribution is -2.59. The van der Waals surface area contributed by atoms with E-state index < -0.39 is 0 Å². The van der Waals surface area contributed by atoms with Crippen molar-refractivity contribution in [2.45, 2.75) is 37.7 Å². The van der Waals surface area contributed by atoms with E-state index >= 15 is 0 Å². The number of aliphatic imine (C=N–C) groups is 1. The molecule has 0 spiro atoms. The number of benzene rings is 1. The second kappa shape index (κ2) is 7.31. The molecule has 5 rings (SSSR count). The molecular formula is C22H23FN4O2. The Morgan fingerprint density at radius 3 is 2.86 bits per heavy atom. The molecule has 3 atom stereocenters. The zero-order valence-electron chi connectivity index (χ0n) is 16.3. The van der Waals surface area contributed by atoms with Crippen molar-refractivity contribution in [3.63, 3.8) is 0 Å². The van der Waals surface area contributed by atoms with Gasteiger partial charge >= 0.3 is 0 Å². The first-order valence-electron chi connectivity index (χ1n) is 10.0. The standard InChI is InChI=1S/C22H23FN4O2/c1-26-20(28)13-18(15-6-8-24-9-7-15)25-22(26)27-10-11-29-21-17-12-16(23)4-2-14(17)3-5-19(21)27/h2,4,6-9,12,19,21-22H,3,5,10-11,13H2,1H3/t19-,21-,22?/m1/s1. The molecule has 0 bridgehead atoms. The topological polar surface area (TPSA) is 58.0 Å². The third kappa shape index (κ3) is 3.24. The van der Waals surface area contributed by atoms with E-state index in [0.717, 1.165) is 35.2 Å². The monoisotopic (exact) mass is 394 g/mol. The zero-order valence-corrected chi connectivity index (χ0v) is 16.3. The Kier molecular flexibility index (Phi) is 4.64. The number of hydrogen-bond donors (Lipinski definition) is 0. The van der Waals surface area contributed by atoms with Gasteiger partial charge in [-0.05, 0) is 53.8 Å². The molecule has 1 fully saturated rings. The molecule has 0 saturated carbocycles. The van der Waals surface area contributed by atoms with Crippen molar-refractivity contribution in [3.8, 4) is 0 Å². The van der Waals surface area contributed by atoms with Crippen LogP contribution in [0.5, 0.6) is 0 Å². The third-order valence-electron chi connectivity index (χ3n) is 6.19. The summed E-state index contributed by atoms with van der Waals surface area (Å²) in [5, 5.41) is 0. The molecule has 1 unspecified atom stereocenters. The molecule has 29 heavy (non-hydrogen) atoms. The van der Waals surface area contributed by atoms with Crippen molar-refractivity contribution in [3.05, 3.63) is 65.2 Å². The maximum Gasteiger partial charge on any atom is 0.231 e. The van der Waals surface area contributed by atoms with Gasteiger partial charge in [0.15, 0.2) is 6.29 Å². The van der Waals surface area contributed by atoms with E-state index in [4.69, 9.17) is 9.73 Å². The predicted octanol–water partition coefficient (Wildman–Crippen LogP) is 2.54. The van der Waals surface area contributed by atoms with Crippen LogP contribution in [0.15, 0.2) is 47.7 Å². The highest BCUT2D eigenvalue weighted by Gasteiger charge is 2.43. The number of amides is 1. The first-order chi connectivity index (χ1) is 14.1. The molecule has 150 valence electrons. The number of carbonyl (C=O) groups is 1. The van der Waals surface area contributed by atoms with Crippen LogP contribution >= 0.6 is 0 Å². The minimum Gasteiger partial charge on any atom is -0.371 e. The Hall–Kier alpha value is -2.64. The number of aryl methyl sites for hydroxylation is 1. The summed E-state index contributed by atoms with van der Waals surface area (Å²) >= 11 is 0. The molecule has 1 aromatic carbocycles. The van der Waals surface area contributed by atoms with E-state index in [2.05, 4.69) is 9.88 Å². The highest BCUT2D eigenvalue weighted by Crippen LogP contribution is 2.39. The summed E-state index contributed by atoms with van der Waals surface area (Å²) in [6, 6.07) is 8.79. The molecule has 3 heterocycles. The van der Waals surface area contributed by atoms with Gasteiger partial charge in [0.2, 0.25) is 5.91 Å². The van der Waals surface area contributed by atoms with Crippen LogP contribution in [0.2, 0.25) is 0 Å². The highest BCUT2D eigenvalue weighted by molar-refractivity contribution is 6.11. The fourth-order valence-corrected chi connectivity index (χ4v) is 4.68. The number of ether oxygens (including phenoxy) is 1. The summed E-state index contributed by atoms with van der Waals surface area (Å²) in [4.78, 5) is 25.7. The minimum atomic E-state index is -0.383. The Morgan fingerprint density at radius 1 is 1.21 bits per heavy atom. The number of fused-ring (bicyclic) bond motifs is 3. The number of carbonyl (C=O) groups excluding carboxylic acids is 1. The van der Waals surface area contributed by atoms with Crippen LogP contribution in [0.25, 0.3) is 0 Å². The number of rotatable bonds is 2. The number of halogens is 1. The van der Waals surface area contributed by atoms with Crippen LogP contribution in [-0.4, -0.2) is 58.9 Å². The number of hydrogen-bond acceptors (Lipinski definition) is 5. The van der Waals surface area contributed by atoms with E-state index in [9.17, 15) is 9.18 Å². The van der Waals surface area contributed by atoms with E-state index in [1.807, 2.05) is 18.2 Å². The average molecular weight is 394 g/mol. The van der Waals surface area contributed by atoms with Crippen molar-refractivity contribution >= 4 is 11.6 Å². The predicted molar refractivity (Wildman–Crippen MR) is 106 cm³/mol. The van der Waals surface area contributed by atoms with Crippen LogP contribution in [0.1, 0.15) is 35.6 Å². The Labute approximate surface area is 169 Å². The largest absolute Gasteiger partial charge is 0.371 e. The lowest BCUT2D eigenvalue weighted by molar-refractivity contribution is -0.147. The van der Waals surface area contributed by atoms with Gasteiger partial charge in [-0.2, -0.15) is 0 Å². The first-order valence-corrected chi connectivity index (χ1v) is 10.0. The summed E-state index contributed by atoms with van der Waals surface area (Å²) in [6.07, 6.45) is 4.88. The van der Waals surface area contributed by atoms with Crippen molar-refractivity contribution in [2.75, 3.05) is 20.2 Å². The van der Waals surface area contributed by atoms with Gasteiger partial charge in [0.05, 0.1) is 24.8 Å². The molecule has 7 heteroatoms. The van der Waals surface area contributed by atoms with Gasteiger partial charge in [-0.25, -0.2) is 9.38 Å². The molecule has 2 aromatic rings. The van der Waals surface area contributed by atoms with Crippen molar-refractivity contribution in [2.24, 2.45) is 4.99 Å². The molecule has 3 aliphatic rings. The van der Waals surface area contributed by atoms with Crippen LogP contribution in [-0.2, 0) is 16.0 Å². The fourth-order valence-electron chi connectivity index (χ4n) is 4.68. The van der Waals surface area contributed by atoms with Crippen LogP contribution in [0.3, 0.4) is 0 Å². The van der Waals surface area contributed by atoms with E-state index in [1.165, 1.54) is 6.07 Å². The van der Waals surface area contributed by atoms with Crippen molar-refractivity contribution in [1.29, 1.82) is 0 Å². The number of morpholine rings is 1. The van der Waals surface area contributed by atoms with E-state index in [0.29, 0.717) is 13.2 Å². The van der Waals surface area contributed by atoms with Crippen LogP contribution in [0, 0.1) is 5.82 Å². The summed E-state index contributed by atoms with van der Waals surface area (Å²) in [5.41, 5.74) is 3.77. The fraction of sp³-hybridized carbons (Fsp3) is 0.409. The molecule has 1 amide bonds. The molecule has 1 aromatic heterocycles. The maximum atomic E-state index is 13.9. The van der Waals surface area contributed by atoms with Gasteiger partial charge < -0.3 is 9.64 Å². The van der Waals surface area contributed by atoms with E-state index in [1.54, 1.807) is 30.4 Å². The molecular weight excluding hydrogens is 371 g/mol. The van der Waals surface area contributed by atoms with Gasteiger partial charge in [0.1, 0.15) is 5.82 Å². The Bertz CT molecular complexity index is 965. The normalized spacial score (nSPS) is 27.2. The molecule has 1 aliphatic carbocycles. The SMILES string of the molecule is CN1C(=O)CC(c2ccncc2)=NC1N1CCO[C@@H]2c3cc(F)ccc3CC[C@H]21. The Balaban J connectivity index is 1.50. The van der Waals surface area contributed by atoms with Crippen LogP contribution < -0.4 is 0 Å². The first kappa shape index (κ1) is 18.4. The molecule has 1 saturated heterocycles. The van der Waals surface area contributed by atoms with Crippen LogP contribution in [0.4, 0.5) is 4.39 Å². The number of pyridine rings is 1. The van der Waals surface area contributed by atoms with Gasteiger partial charge in [0.25, 0.3) is 0 Å². The lowest BCUT2D eigenvalue weighted by atomic mass is 9.84. The molecule has 2 aliphatic heterocycles. The van der Waals surface area contributed by atoms with Gasteiger partial charge in [0, 0.05) is 32.0 Å². The number of aromatic nitrogens is 1. The van der Waals surface area contributed by atoms with Crippen molar-refractivity contribution in [1.82, 2.24) is 14.8 Å². The number of nitrogens with zero attached hydrogens (tertiary/aromatic N) is 4. The minimum absolute atomic E-state index is 0.0436. The lowest BCUT2D eigenvalue weighted by Gasteiger charge is -2.49. The Morgan fingerprint density at radius 2 is 2.03 bits per heavy atom. The molecule has 0 N–H and O–H groups in total. The average Bonchev–Trinajstić information content (AvgIpc) is 2.75. The zero-order chi connectivity index (χ0) is 20.0.